The first-order valence-corrected chi connectivity index (χ1v) is 5.26. The van der Waals surface area contributed by atoms with E-state index in [1.165, 1.54) is 23.9 Å². The molecule has 0 aromatic carbocycles. The molecule has 1 saturated heterocycles. The number of rotatable bonds is 3. The summed E-state index contributed by atoms with van der Waals surface area (Å²) in [7, 11) is 1.51. The number of aromatic amines is 1. The highest BCUT2D eigenvalue weighted by atomic mass is 16.6. The van der Waals surface area contributed by atoms with Crippen molar-refractivity contribution in [2.45, 2.75) is 24.9 Å². The van der Waals surface area contributed by atoms with Crippen molar-refractivity contribution in [1.82, 2.24) is 9.55 Å². The molecule has 1 aromatic rings. The molecule has 0 spiro atoms. The standard InChI is InChI=1S/C10H14N2O5/c1-16-7-4-6(5-13)17-9(7)12-3-2-8(14)11-10(12)15/h2-3,6-7,9,13H,4-5H2,1H3,(H,11,14,15)/t6-,7-,9-/m1/s1. The Bertz CT molecular complexity index is 494. The van der Waals surface area contributed by atoms with Crippen molar-refractivity contribution in [3.8, 4) is 0 Å². The molecule has 17 heavy (non-hydrogen) atoms. The Balaban J connectivity index is 2.32. The molecule has 2 heterocycles. The molecule has 0 saturated carbocycles. The lowest BCUT2D eigenvalue weighted by molar-refractivity contribution is -0.0625. The van der Waals surface area contributed by atoms with E-state index in [-0.39, 0.29) is 18.8 Å². The van der Waals surface area contributed by atoms with Gasteiger partial charge in [-0.05, 0) is 0 Å². The number of hydrogen-bond acceptors (Lipinski definition) is 5. The fourth-order valence-corrected chi connectivity index (χ4v) is 1.92. The highest BCUT2D eigenvalue weighted by Crippen LogP contribution is 2.29. The summed E-state index contributed by atoms with van der Waals surface area (Å²) in [6.07, 6.45) is 0.557. The Labute approximate surface area is 96.6 Å². The van der Waals surface area contributed by atoms with Crippen LogP contribution in [-0.4, -0.2) is 40.6 Å². The minimum Gasteiger partial charge on any atom is -0.394 e. The van der Waals surface area contributed by atoms with Gasteiger partial charge in [-0.1, -0.05) is 0 Å². The summed E-state index contributed by atoms with van der Waals surface area (Å²) in [4.78, 5) is 24.7. The van der Waals surface area contributed by atoms with Crippen LogP contribution in [-0.2, 0) is 9.47 Å². The van der Waals surface area contributed by atoms with Crippen LogP contribution >= 0.6 is 0 Å². The number of methoxy groups -OCH3 is 1. The highest BCUT2D eigenvalue weighted by molar-refractivity contribution is 4.89. The van der Waals surface area contributed by atoms with Gasteiger partial charge in [-0.2, -0.15) is 0 Å². The van der Waals surface area contributed by atoms with Crippen LogP contribution in [0.15, 0.2) is 21.9 Å². The van der Waals surface area contributed by atoms with Gasteiger partial charge in [0.1, 0.15) is 6.10 Å². The molecule has 3 atom stereocenters. The number of H-pyrrole nitrogens is 1. The van der Waals surface area contributed by atoms with E-state index < -0.39 is 17.5 Å². The third-order valence-electron chi connectivity index (χ3n) is 2.78. The van der Waals surface area contributed by atoms with Crippen molar-refractivity contribution in [3.05, 3.63) is 33.1 Å². The second-order valence-corrected chi connectivity index (χ2v) is 3.86. The van der Waals surface area contributed by atoms with E-state index in [0.717, 1.165) is 0 Å². The number of ether oxygens (including phenoxy) is 2. The van der Waals surface area contributed by atoms with Gasteiger partial charge in [-0.25, -0.2) is 4.79 Å². The molecule has 2 rings (SSSR count). The van der Waals surface area contributed by atoms with Crippen LogP contribution < -0.4 is 11.2 Å². The number of aromatic nitrogens is 2. The molecule has 1 aliphatic heterocycles. The molecule has 94 valence electrons. The largest absolute Gasteiger partial charge is 0.394 e. The van der Waals surface area contributed by atoms with Gasteiger partial charge in [0.2, 0.25) is 0 Å². The molecule has 0 amide bonds. The molecule has 2 N–H and O–H groups in total. The lowest BCUT2D eigenvalue weighted by Crippen LogP contribution is -2.35. The minimum absolute atomic E-state index is 0.130. The first-order valence-electron chi connectivity index (χ1n) is 5.26. The first kappa shape index (κ1) is 12.0. The van der Waals surface area contributed by atoms with Gasteiger partial charge < -0.3 is 14.6 Å². The molecule has 1 aromatic heterocycles. The number of aliphatic hydroxyl groups excluding tert-OH is 1. The fourth-order valence-electron chi connectivity index (χ4n) is 1.92. The molecule has 0 aliphatic carbocycles. The van der Waals surface area contributed by atoms with E-state index in [2.05, 4.69) is 4.98 Å². The average Bonchev–Trinajstić information content (AvgIpc) is 2.72. The van der Waals surface area contributed by atoms with Crippen LogP contribution in [0.4, 0.5) is 0 Å². The van der Waals surface area contributed by atoms with E-state index in [9.17, 15) is 9.59 Å². The maximum atomic E-state index is 11.6. The predicted octanol–water partition coefficient (Wildman–Crippen LogP) is -1.17. The van der Waals surface area contributed by atoms with Crippen LogP contribution in [0.1, 0.15) is 12.6 Å². The van der Waals surface area contributed by atoms with Crippen LogP contribution in [0, 0.1) is 0 Å². The first-order chi connectivity index (χ1) is 8.15. The van der Waals surface area contributed by atoms with E-state index in [1.807, 2.05) is 0 Å². The van der Waals surface area contributed by atoms with E-state index in [1.54, 1.807) is 0 Å². The lowest BCUT2D eigenvalue weighted by atomic mass is 10.2. The number of nitrogens with one attached hydrogen (secondary N) is 1. The maximum absolute atomic E-state index is 11.6. The molecule has 0 radical (unpaired) electrons. The monoisotopic (exact) mass is 242 g/mol. The lowest BCUT2D eigenvalue weighted by Gasteiger charge is -2.18. The predicted molar refractivity (Wildman–Crippen MR) is 57.7 cm³/mol. The Morgan fingerprint density at radius 2 is 2.41 bits per heavy atom. The topological polar surface area (TPSA) is 93.5 Å². The highest BCUT2D eigenvalue weighted by Gasteiger charge is 2.36. The molecule has 1 aliphatic rings. The molecule has 0 unspecified atom stereocenters. The third-order valence-corrected chi connectivity index (χ3v) is 2.78. The summed E-state index contributed by atoms with van der Waals surface area (Å²) in [5.41, 5.74) is -1.01. The zero-order valence-electron chi connectivity index (χ0n) is 9.33. The summed E-state index contributed by atoms with van der Waals surface area (Å²) >= 11 is 0. The Hall–Kier alpha value is -1.44. The van der Waals surface area contributed by atoms with E-state index in [0.29, 0.717) is 6.42 Å². The summed E-state index contributed by atoms with van der Waals surface area (Å²) in [6.45, 7) is -0.130. The van der Waals surface area contributed by atoms with Crippen molar-refractivity contribution in [2.75, 3.05) is 13.7 Å². The second-order valence-electron chi connectivity index (χ2n) is 3.86. The number of aliphatic hydroxyl groups is 1. The van der Waals surface area contributed by atoms with Gasteiger partial charge in [0.25, 0.3) is 5.56 Å². The number of nitrogens with zero attached hydrogens (tertiary/aromatic N) is 1. The zero-order valence-corrected chi connectivity index (χ0v) is 9.33. The Kier molecular flexibility index (Phi) is 3.41. The summed E-state index contributed by atoms with van der Waals surface area (Å²) < 4.78 is 11.9. The quantitative estimate of drug-likeness (QED) is 0.696. The molecule has 7 heteroatoms. The van der Waals surface area contributed by atoms with Crippen molar-refractivity contribution >= 4 is 0 Å². The Morgan fingerprint density at radius 3 is 3.00 bits per heavy atom. The molecule has 1 fully saturated rings. The second kappa shape index (κ2) is 4.82. The summed E-state index contributed by atoms with van der Waals surface area (Å²) in [5.74, 6) is 0. The molecule has 7 nitrogen and oxygen atoms in total. The van der Waals surface area contributed by atoms with E-state index >= 15 is 0 Å². The van der Waals surface area contributed by atoms with Gasteiger partial charge in [0, 0.05) is 25.8 Å². The van der Waals surface area contributed by atoms with Crippen LogP contribution in [0.3, 0.4) is 0 Å². The SMILES string of the molecule is CO[C@@H]1C[C@H](CO)O[C@H]1n1ccc(=O)[nH]c1=O. The number of hydrogen-bond donors (Lipinski definition) is 2. The van der Waals surface area contributed by atoms with Crippen molar-refractivity contribution < 1.29 is 14.6 Å². The maximum Gasteiger partial charge on any atom is 0.330 e. The van der Waals surface area contributed by atoms with Crippen LogP contribution in [0.25, 0.3) is 0 Å². The fraction of sp³-hybridized carbons (Fsp3) is 0.600. The zero-order chi connectivity index (χ0) is 12.4. The minimum atomic E-state index is -0.624. The molecular weight excluding hydrogens is 228 g/mol. The van der Waals surface area contributed by atoms with Crippen molar-refractivity contribution in [2.24, 2.45) is 0 Å². The van der Waals surface area contributed by atoms with Crippen molar-refractivity contribution in [3.63, 3.8) is 0 Å². The molecular formula is C10H14N2O5. The van der Waals surface area contributed by atoms with E-state index in [4.69, 9.17) is 14.6 Å². The van der Waals surface area contributed by atoms with Gasteiger partial charge in [0.15, 0.2) is 6.23 Å². The van der Waals surface area contributed by atoms with Crippen LogP contribution in [0.5, 0.6) is 0 Å². The molecule has 0 bridgehead atoms. The normalized spacial score (nSPS) is 28.5. The third kappa shape index (κ3) is 2.31. The Morgan fingerprint density at radius 1 is 1.65 bits per heavy atom. The summed E-state index contributed by atoms with van der Waals surface area (Å²) in [5, 5.41) is 9.03. The van der Waals surface area contributed by atoms with Crippen LogP contribution in [0.2, 0.25) is 0 Å². The summed E-state index contributed by atoms with van der Waals surface area (Å²) in [6, 6.07) is 1.24. The van der Waals surface area contributed by atoms with Gasteiger partial charge in [-0.3, -0.25) is 14.3 Å². The van der Waals surface area contributed by atoms with Gasteiger partial charge >= 0.3 is 5.69 Å². The average molecular weight is 242 g/mol. The van der Waals surface area contributed by atoms with Gasteiger partial charge in [0.05, 0.1) is 12.7 Å². The van der Waals surface area contributed by atoms with Gasteiger partial charge in [-0.15, -0.1) is 0 Å². The van der Waals surface area contributed by atoms with Crippen molar-refractivity contribution in [1.29, 1.82) is 0 Å². The smallest absolute Gasteiger partial charge is 0.330 e.